The molecule has 3 nitrogen and oxygen atoms in total. The van der Waals surface area contributed by atoms with Gasteiger partial charge in [-0.3, -0.25) is 4.90 Å². The molecular formula is C17H29N3. The Bertz CT molecular complexity index is 399. The summed E-state index contributed by atoms with van der Waals surface area (Å²) in [6.07, 6.45) is 5.76. The zero-order valence-electron chi connectivity index (χ0n) is 13.4. The van der Waals surface area contributed by atoms with Crippen LogP contribution in [0.5, 0.6) is 0 Å². The summed E-state index contributed by atoms with van der Waals surface area (Å²) in [7, 11) is 0. The van der Waals surface area contributed by atoms with Crippen molar-refractivity contribution in [2.45, 2.75) is 59.0 Å². The number of likely N-dealkylation sites (tertiary alicyclic amines) is 1. The molecule has 0 amide bonds. The lowest BCUT2D eigenvalue weighted by Crippen LogP contribution is -2.27. The van der Waals surface area contributed by atoms with Crippen LogP contribution in [0.2, 0.25) is 0 Å². The Balaban J connectivity index is 2.01. The minimum absolute atomic E-state index is 0.484. The van der Waals surface area contributed by atoms with Crippen LogP contribution < -0.4 is 5.32 Å². The largest absolute Gasteiger partial charge is 0.368 e. The number of rotatable bonds is 6. The topological polar surface area (TPSA) is 28.2 Å². The first-order valence-corrected chi connectivity index (χ1v) is 8.06. The summed E-state index contributed by atoms with van der Waals surface area (Å²) in [4.78, 5) is 7.20. The van der Waals surface area contributed by atoms with E-state index in [-0.39, 0.29) is 0 Å². The Morgan fingerprint density at radius 1 is 1.35 bits per heavy atom. The SMILES string of the molecule is CC[C@@H](C)Nc1ccc([C@H]2CCCN2CC(C)C)cn1. The third-order valence-electron chi connectivity index (χ3n) is 4.14. The fourth-order valence-electron chi connectivity index (χ4n) is 2.93. The normalized spacial score (nSPS) is 21.4. The highest BCUT2D eigenvalue weighted by molar-refractivity contribution is 5.37. The van der Waals surface area contributed by atoms with E-state index in [0.29, 0.717) is 12.1 Å². The highest BCUT2D eigenvalue weighted by Crippen LogP contribution is 2.32. The Morgan fingerprint density at radius 3 is 2.75 bits per heavy atom. The molecule has 0 radical (unpaired) electrons. The summed E-state index contributed by atoms with van der Waals surface area (Å²) in [5.74, 6) is 1.73. The van der Waals surface area contributed by atoms with Crippen LogP contribution >= 0.6 is 0 Å². The van der Waals surface area contributed by atoms with Crippen molar-refractivity contribution in [3.05, 3.63) is 23.9 Å². The second-order valence-electron chi connectivity index (χ2n) is 6.48. The maximum absolute atomic E-state index is 4.59. The molecule has 20 heavy (non-hydrogen) atoms. The van der Waals surface area contributed by atoms with E-state index < -0.39 is 0 Å². The van der Waals surface area contributed by atoms with Crippen LogP contribution in [0.4, 0.5) is 5.82 Å². The lowest BCUT2D eigenvalue weighted by atomic mass is 10.1. The molecule has 0 saturated carbocycles. The second kappa shape index (κ2) is 7.07. The molecule has 2 atom stereocenters. The summed E-state index contributed by atoms with van der Waals surface area (Å²) in [5, 5.41) is 3.43. The Kier molecular flexibility index (Phi) is 5.41. The monoisotopic (exact) mass is 275 g/mol. The van der Waals surface area contributed by atoms with Crippen LogP contribution in [0.1, 0.15) is 58.6 Å². The van der Waals surface area contributed by atoms with Gasteiger partial charge in [-0.15, -0.1) is 0 Å². The molecule has 0 aromatic carbocycles. The molecule has 1 N–H and O–H groups in total. The van der Waals surface area contributed by atoms with Crippen molar-refractivity contribution >= 4 is 5.82 Å². The van der Waals surface area contributed by atoms with E-state index in [0.717, 1.165) is 18.2 Å². The molecule has 2 heterocycles. The molecule has 1 aromatic rings. The van der Waals surface area contributed by atoms with E-state index in [1.54, 1.807) is 0 Å². The van der Waals surface area contributed by atoms with Gasteiger partial charge in [0.05, 0.1) is 0 Å². The molecule has 0 aliphatic carbocycles. The van der Waals surface area contributed by atoms with Gasteiger partial charge in [0, 0.05) is 24.8 Å². The number of pyridine rings is 1. The quantitative estimate of drug-likeness (QED) is 0.847. The predicted octanol–water partition coefficient (Wildman–Crippen LogP) is 4.08. The second-order valence-corrected chi connectivity index (χ2v) is 6.48. The van der Waals surface area contributed by atoms with E-state index in [1.807, 2.05) is 0 Å². The zero-order valence-corrected chi connectivity index (χ0v) is 13.4. The van der Waals surface area contributed by atoms with Gasteiger partial charge in [-0.05, 0) is 50.3 Å². The summed E-state index contributed by atoms with van der Waals surface area (Å²) in [6, 6.07) is 5.44. The first-order chi connectivity index (χ1) is 9.60. The van der Waals surface area contributed by atoms with E-state index in [2.05, 4.69) is 61.2 Å². The highest BCUT2D eigenvalue weighted by Gasteiger charge is 2.26. The van der Waals surface area contributed by atoms with Gasteiger partial charge in [-0.25, -0.2) is 4.98 Å². The van der Waals surface area contributed by atoms with Crippen molar-refractivity contribution in [3.8, 4) is 0 Å². The highest BCUT2D eigenvalue weighted by atomic mass is 15.2. The van der Waals surface area contributed by atoms with Crippen molar-refractivity contribution in [3.63, 3.8) is 0 Å². The lowest BCUT2D eigenvalue weighted by Gasteiger charge is -2.26. The van der Waals surface area contributed by atoms with Gasteiger partial charge < -0.3 is 5.32 Å². The van der Waals surface area contributed by atoms with Crippen molar-refractivity contribution < 1.29 is 0 Å². The van der Waals surface area contributed by atoms with Crippen LogP contribution in [0, 0.1) is 5.92 Å². The van der Waals surface area contributed by atoms with E-state index in [4.69, 9.17) is 0 Å². The van der Waals surface area contributed by atoms with Crippen molar-refractivity contribution in [2.24, 2.45) is 5.92 Å². The molecule has 0 unspecified atom stereocenters. The average Bonchev–Trinajstić information content (AvgIpc) is 2.87. The fourth-order valence-corrected chi connectivity index (χ4v) is 2.93. The minimum atomic E-state index is 0.484. The first kappa shape index (κ1) is 15.3. The first-order valence-electron chi connectivity index (χ1n) is 8.06. The van der Waals surface area contributed by atoms with E-state index in [9.17, 15) is 0 Å². The molecule has 1 fully saturated rings. The molecule has 3 heteroatoms. The van der Waals surface area contributed by atoms with Crippen molar-refractivity contribution in [1.29, 1.82) is 0 Å². The van der Waals surface area contributed by atoms with E-state index in [1.165, 1.54) is 31.5 Å². The van der Waals surface area contributed by atoms with Crippen LogP contribution in [0.3, 0.4) is 0 Å². The van der Waals surface area contributed by atoms with Crippen molar-refractivity contribution in [1.82, 2.24) is 9.88 Å². The minimum Gasteiger partial charge on any atom is -0.368 e. The molecule has 1 aliphatic rings. The number of hydrogen-bond donors (Lipinski definition) is 1. The van der Waals surface area contributed by atoms with Gasteiger partial charge in [-0.2, -0.15) is 0 Å². The molecule has 0 spiro atoms. The number of aromatic nitrogens is 1. The zero-order chi connectivity index (χ0) is 14.5. The molecule has 1 aliphatic heterocycles. The van der Waals surface area contributed by atoms with Gasteiger partial charge >= 0.3 is 0 Å². The number of anilines is 1. The van der Waals surface area contributed by atoms with Gasteiger partial charge in [0.25, 0.3) is 0 Å². The van der Waals surface area contributed by atoms with Crippen LogP contribution in [-0.4, -0.2) is 29.0 Å². The molecule has 1 aromatic heterocycles. The summed E-state index contributed by atoms with van der Waals surface area (Å²) < 4.78 is 0. The number of nitrogens with zero attached hydrogens (tertiary/aromatic N) is 2. The van der Waals surface area contributed by atoms with E-state index >= 15 is 0 Å². The van der Waals surface area contributed by atoms with Gasteiger partial charge in [-0.1, -0.05) is 26.8 Å². The Hall–Kier alpha value is -1.09. The third kappa shape index (κ3) is 3.95. The lowest BCUT2D eigenvalue weighted by molar-refractivity contribution is 0.228. The fraction of sp³-hybridized carbons (Fsp3) is 0.706. The molecule has 1 saturated heterocycles. The Labute approximate surface area is 123 Å². The maximum atomic E-state index is 4.59. The smallest absolute Gasteiger partial charge is 0.126 e. The summed E-state index contributed by atoms with van der Waals surface area (Å²) >= 11 is 0. The maximum Gasteiger partial charge on any atom is 0.126 e. The standard InChI is InChI=1S/C17H29N3/c1-5-14(4)19-17-9-8-15(11-18-17)16-7-6-10-20(16)12-13(2)3/h8-9,11,13-14,16H,5-7,10,12H2,1-4H3,(H,18,19)/t14-,16-/m1/s1. The molecule has 0 bridgehead atoms. The molecule has 2 rings (SSSR count). The summed E-state index contributed by atoms with van der Waals surface area (Å²) in [5.41, 5.74) is 1.37. The predicted molar refractivity (Wildman–Crippen MR) is 86.0 cm³/mol. The number of nitrogens with one attached hydrogen (secondary N) is 1. The van der Waals surface area contributed by atoms with Crippen LogP contribution in [0.25, 0.3) is 0 Å². The van der Waals surface area contributed by atoms with Gasteiger partial charge in [0.2, 0.25) is 0 Å². The van der Waals surface area contributed by atoms with Gasteiger partial charge in [0.15, 0.2) is 0 Å². The third-order valence-corrected chi connectivity index (χ3v) is 4.14. The van der Waals surface area contributed by atoms with Crippen LogP contribution in [0.15, 0.2) is 18.3 Å². The van der Waals surface area contributed by atoms with Crippen LogP contribution in [-0.2, 0) is 0 Å². The van der Waals surface area contributed by atoms with Gasteiger partial charge in [0.1, 0.15) is 5.82 Å². The average molecular weight is 275 g/mol. The molecular weight excluding hydrogens is 246 g/mol. The number of hydrogen-bond acceptors (Lipinski definition) is 3. The van der Waals surface area contributed by atoms with Crippen molar-refractivity contribution in [2.75, 3.05) is 18.4 Å². The summed E-state index contributed by atoms with van der Waals surface area (Å²) in [6.45, 7) is 11.4. The molecule has 112 valence electrons. The Morgan fingerprint density at radius 2 is 2.15 bits per heavy atom.